The van der Waals surface area contributed by atoms with Gasteiger partial charge in [-0.1, -0.05) is 0 Å². The van der Waals surface area contributed by atoms with Gasteiger partial charge in [0.1, 0.15) is 0 Å². The van der Waals surface area contributed by atoms with Crippen molar-refractivity contribution < 1.29 is 14.7 Å². The van der Waals surface area contributed by atoms with E-state index in [2.05, 4.69) is 5.32 Å². The molecule has 4 aliphatic rings. The highest BCUT2D eigenvalue weighted by atomic mass is 16.4. The van der Waals surface area contributed by atoms with Gasteiger partial charge < -0.3 is 15.3 Å². The van der Waals surface area contributed by atoms with Crippen molar-refractivity contribution in [1.82, 2.24) is 10.2 Å². The Balaban J connectivity index is 1.61. The minimum atomic E-state index is -0.865. The summed E-state index contributed by atoms with van der Waals surface area (Å²) >= 11 is 0. The zero-order valence-electron chi connectivity index (χ0n) is 11.2. The first-order valence-electron chi connectivity index (χ1n) is 7.38. The number of nitrogens with one attached hydrogen (secondary N) is 1. The highest BCUT2D eigenvalue weighted by molar-refractivity contribution is 5.75. The fourth-order valence-corrected chi connectivity index (χ4v) is 4.41. The zero-order chi connectivity index (χ0) is 13.4. The average Bonchev–Trinajstić information content (AvgIpc) is 2.53. The van der Waals surface area contributed by atoms with Crippen molar-refractivity contribution in [3.63, 3.8) is 0 Å². The molecule has 0 aromatic heterocycles. The molecule has 4 rings (SSSR count). The second-order valence-electron chi connectivity index (χ2n) is 6.46. The number of amides is 2. The van der Waals surface area contributed by atoms with Crippen LogP contribution >= 0.6 is 0 Å². The molecule has 2 aliphatic heterocycles. The van der Waals surface area contributed by atoms with E-state index in [-0.39, 0.29) is 19.0 Å². The number of carboxylic acids is 1. The Kier molecular flexibility index (Phi) is 3.37. The van der Waals surface area contributed by atoms with Crippen LogP contribution in [0.1, 0.15) is 38.5 Å². The van der Waals surface area contributed by atoms with E-state index in [0.29, 0.717) is 12.0 Å². The van der Waals surface area contributed by atoms with Crippen LogP contribution < -0.4 is 5.32 Å². The maximum atomic E-state index is 12.2. The second kappa shape index (κ2) is 5.02. The molecule has 2 N–H and O–H groups in total. The van der Waals surface area contributed by atoms with Crippen molar-refractivity contribution in [2.24, 2.45) is 17.8 Å². The van der Waals surface area contributed by atoms with E-state index in [1.54, 1.807) is 0 Å². The van der Waals surface area contributed by atoms with Crippen LogP contribution in [0.3, 0.4) is 0 Å². The van der Waals surface area contributed by atoms with Crippen LogP contribution in [0.2, 0.25) is 0 Å². The topological polar surface area (TPSA) is 69.6 Å². The number of rotatable bonds is 3. The molecule has 106 valence electrons. The predicted molar refractivity (Wildman–Crippen MR) is 69.7 cm³/mol. The van der Waals surface area contributed by atoms with E-state index in [1.807, 2.05) is 4.90 Å². The molecule has 2 amide bonds. The van der Waals surface area contributed by atoms with Crippen LogP contribution in [-0.2, 0) is 4.79 Å². The molecule has 2 heterocycles. The first-order valence-corrected chi connectivity index (χ1v) is 7.38. The lowest BCUT2D eigenvalue weighted by Gasteiger charge is -2.38. The van der Waals surface area contributed by atoms with Gasteiger partial charge in [0.2, 0.25) is 0 Å². The van der Waals surface area contributed by atoms with E-state index in [1.165, 1.54) is 19.3 Å². The lowest BCUT2D eigenvalue weighted by atomic mass is 9.68. The van der Waals surface area contributed by atoms with Crippen molar-refractivity contribution in [1.29, 1.82) is 0 Å². The number of hydrogen-bond donors (Lipinski definition) is 2. The number of hydrogen-bond acceptors (Lipinski definition) is 2. The SMILES string of the molecule is O=C(O)CCNC(=O)N1CC2CC3CC(C2)CC1C3. The summed E-state index contributed by atoms with van der Waals surface area (Å²) in [5.41, 5.74) is 0. The smallest absolute Gasteiger partial charge is 0.317 e. The largest absolute Gasteiger partial charge is 0.481 e. The fraction of sp³-hybridized carbons (Fsp3) is 0.857. The van der Waals surface area contributed by atoms with Gasteiger partial charge in [0.15, 0.2) is 0 Å². The first kappa shape index (κ1) is 12.8. The molecule has 0 aromatic carbocycles. The van der Waals surface area contributed by atoms with Crippen molar-refractivity contribution >= 4 is 12.0 Å². The van der Waals surface area contributed by atoms with E-state index < -0.39 is 5.97 Å². The van der Waals surface area contributed by atoms with Gasteiger partial charge in [-0.3, -0.25) is 4.79 Å². The molecular weight excluding hydrogens is 244 g/mol. The highest BCUT2D eigenvalue weighted by Crippen LogP contribution is 2.47. The third kappa shape index (κ3) is 2.69. The van der Waals surface area contributed by atoms with Crippen molar-refractivity contribution in [3.8, 4) is 0 Å². The zero-order valence-corrected chi connectivity index (χ0v) is 11.2. The minimum absolute atomic E-state index is 0.00107. The third-order valence-corrected chi connectivity index (χ3v) is 4.98. The van der Waals surface area contributed by atoms with Crippen LogP contribution in [0.15, 0.2) is 0 Å². The number of nitrogens with zero attached hydrogens (tertiary/aromatic N) is 1. The third-order valence-electron chi connectivity index (χ3n) is 4.98. The monoisotopic (exact) mass is 266 g/mol. The molecule has 4 bridgehead atoms. The van der Waals surface area contributed by atoms with Crippen LogP contribution in [0.5, 0.6) is 0 Å². The molecule has 2 saturated carbocycles. The van der Waals surface area contributed by atoms with E-state index in [0.717, 1.165) is 31.2 Å². The Hall–Kier alpha value is -1.26. The fourth-order valence-electron chi connectivity index (χ4n) is 4.41. The van der Waals surface area contributed by atoms with Gasteiger partial charge in [0, 0.05) is 19.1 Å². The summed E-state index contributed by atoms with van der Waals surface area (Å²) in [7, 11) is 0. The molecular formula is C14H22N2O3. The molecule has 2 unspecified atom stereocenters. The molecule has 0 radical (unpaired) electrons. The lowest BCUT2D eigenvalue weighted by Crippen LogP contribution is -2.47. The summed E-state index contributed by atoms with van der Waals surface area (Å²) in [5, 5.41) is 11.4. The number of carbonyl (C=O) groups is 2. The highest BCUT2D eigenvalue weighted by Gasteiger charge is 2.43. The number of urea groups is 1. The summed E-state index contributed by atoms with van der Waals surface area (Å²) in [6.07, 6.45) is 6.23. The van der Waals surface area contributed by atoms with Crippen LogP contribution in [-0.4, -0.2) is 41.1 Å². The summed E-state index contributed by atoms with van der Waals surface area (Å²) in [5.74, 6) is 1.44. The molecule has 5 heteroatoms. The quantitative estimate of drug-likeness (QED) is 0.816. The first-order chi connectivity index (χ1) is 9.11. The Labute approximate surface area is 113 Å². The van der Waals surface area contributed by atoms with Gasteiger partial charge in [-0.15, -0.1) is 0 Å². The molecule has 4 fully saturated rings. The van der Waals surface area contributed by atoms with Gasteiger partial charge in [0.05, 0.1) is 6.42 Å². The number of aliphatic carboxylic acids is 1. The van der Waals surface area contributed by atoms with Crippen LogP contribution in [0.25, 0.3) is 0 Å². The molecule has 19 heavy (non-hydrogen) atoms. The Morgan fingerprint density at radius 1 is 1.05 bits per heavy atom. The Bertz CT molecular complexity index is 371. The van der Waals surface area contributed by atoms with E-state index >= 15 is 0 Å². The number of fused-ring (bicyclic) bond motifs is 1. The van der Waals surface area contributed by atoms with Crippen LogP contribution in [0, 0.1) is 17.8 Å². The summed E-state index contributed by atoms with van der Waals surface area (Å²) in [6, 6.07) is 0.334. The van der Waals surface area contributed by atoms with E-state index in [9.17, 15) is 9.59 Å². The summed E-state index contributed by atoms with van der Waals surface area (Å²) in [6.45, 7) is 1.10. The standard InChI is InChI=1S/C14H22N2O3/c17-13(18)1-2-15-14(19)16-8-11-4-9-3-10(5-11)7-12(16)6-9/h9-12H,1-8H2,(H,15,19)(H,17,18). The molecule has 2 saturated heterocycles. The van der Waals surface area contributed by atoms with Gasteiger partial charge in [-0.05, 0) is 49.9 Å². The Morgan fingerprint density at radius 2 is 1.68 bits per heavy atom. The molecule has 2 atom stereocenters. The molecule has 0 spiro atoms. The minimum Gasteiger partial charge on any atom is -0.481 e. The Morgan fingerprint density at radius 3 is 2.32 bits per heavy atom. The van der Waals surface area contributed by atoms with Crippen LogP contribution in [0.4, 0.5) is 4.79 Å². The second-order valence-corrected chi connectivity index (χ2v) is 6.46. The summed E-state index contributed by atoms with van der Waals surface area (Å²) in [4.78, 5) is 24.7. The normalized spacial score (nSPS) is 36.1. The molecule has 5 nitrogen and oxygen atoms in total. The number of carbonyl (C=O) groups excluding carboxylic acids is 1. The molecule has 0 aromatic rings. The van der Waals surface area contributed by atoms with Gasteiger partial charge in [-0.2, -0.15) is 0 Å². The molecule has 2 aliphatic carbocycles. The maximum absolute atomic E-state index is 12.2. The van der Waals surface area contributed by atoms with Crippen molar-refractivity contribution in [3.05, 3.63) is 0 Å². The van der Waals surface area contributed by atoms with Crippen molar-refractivity contribution in [2.45, 2.75) is 44.6 Å². The van der Waals surface area contributed by atoms with Crippen molar-refractivity contribution in [2.75, 3.05) is 13.1 Å². The average molecular weight is 266 g/mol. The van der Waals surface area contributed by atoms with Gasteiger partial charge in [0.25, 0.3) is 0 Å². The summed E-state index contributed by atoms with van der Waals surface area (Å²) < 4.78 is 0. The number of carboxylic acid groups (broad SMARTS) is 1. The maximum Gasteiger partial charge on any atom is 0.317 e. The predicted octanol–water partition coefficient (Wildman–Crippen LogP) is 1.68. The van der Waals surface area contributed by atoms with Gasteiger partial charge >= 0.3 is 12.0 Å². The lowest BCUT2D eigenvalue weighted by molar-refractivity contribution is -0.136. The van der Waals surface area contributed by atoms with E-state index in [4.69, 9.17) is 5.11 Å². The van der Waals surface area contributed by atoms with Gasteiger partial charge in [-0.25, -0.2) is 4.79 Å².